The number of ether oxygens (including phenoxy) is 2. The lowest BCUT2D eigenvalue weighted by Gasteiger charge is -2.14. The van der Waals surface area contributed by atoms with Crippen molar-refractivity contribution in [1.82, 2.24) is 0 Å². The number of nitrogens with zero attached hydrogens (tertiary/aromatic N) is 1. The van der Waals surface area contributed by atoms with Crippen molar-refractivity contribution in [2.75, 3.05) is 20.3 Å². The van der Waals surface area contributed by atoms with Gasteiger partial charge in [0.05, 0.1) is 25.9 Å². The van der Waals surface area contributed by atoms with Crippen LogP contribution in [0.15, 0.2) is 24.3 Å². The molecule has 0 bridgehead atoms. The number of benzene rings is 1. The molecule has 4 nitrogen and oxygen atoms in total. The monoisotopic (exact) mass is 221 g/mol. The van der Waals surface area contributed by atoms with Crippen LogP contribution >= 0.6 is 0 Å². The SMILES string of the molecule is COCc1ccccc1C(C#N)OCCO. The van der Waals surface area contributed by atoms with E-state index in [4.69, 9.17) is 19.8 Å². The van der Waals surface area contributed by atoms with Crippen molar-refractivity contribution in [3.63, 3.8) is 0 Å². The van der Waals surface area contributed by atoms with Gasteiger partial charge in [0.15, 0.2) is 6.10 Å². The van der Waals surface area contributed by atoms with Crippen molar-refractivity contribution < 1.29 is 14.6 Å². The minimum Gasteiger partial charge on any atom is -0.394 e. The van der Waals surface area contributed by atoms with Crippen LogP contribution in [0.5, 0.6) is 0 Å². The van der Waals surface area contributed by atoms with Gasteiger partial charge in [0, 0.05) is 12.7 Å². The van der Waals surface area contributed by atoms with Crippen LogP contribution in [0.2, 0.25) is 0 Å². The summed E-state index contributed by atoms with van der Waals surface area (Å²) in [6, 6.07) is 9.53. The zero-order chi connectivity index (χ0) is 11.8. The molecule has 0 fully saturated rings. The summed E-state index contributed by atoms with van der Waals surface area (Å²) in [4.78, 5) is 0. The van der Waals surface area contributed by atoms with Gasteiger partial charge in [-0.05, 0) is 5.56 Å². The second-order valence-electron chi connectivity index (χ2n) is 3.24. The van der Waals surface area contributed by atoms with Gasteiger partial charge in [-0.3, -0.25) is 0 Å². The maximum Gasteiger partial charge on any atom is 0.169 e. The molecule has 0 saturated carbocycles. The highest BCUT2D eigenvalue weighted by Crippen LogP contribution is 2.21. The first-order valence-electron chi connectivity index (χ1n) is 5.02. The van der Waals surface area contributed by atoms with Gasteiger partial charge in [0.1, 0.15) is 0 Å². The van der Waals surface area contributed by atoms with Gasteiger partial charge >= 0.3 is 0 Å². The molecule has 16 heavy (non-hydrogen) atoms. The molecule has 0 amide bonds. The van der Waals surface area contributed by atoms with E-state index in [-0.39, 0.29) is 13.2 Å². The van der Waals surface area contributed by atoms with E-state index in [2.05, 4.69) is 6.07 Å². The summed E-state index contributed by atoms with van der Waals surface area (Å²) in [5.41, 5.74) is 1.72. The average molecular weight is 221 g/mol. The fraction of sp³-hybridized carbons (Fsp3) is 0.417. The number of aliphatic hydroxyl groups is 1. The minimum absolute atomic E-state index is 0.0926. The minimum atomic E-state index is -0.654. The number of rotatable bonds is 6. The molecular formula is C12H15NO3. The maximum absolute atomic E-state index is 9.00. The quantitative estimate of drug-likeness (QED) is 0.788. The molecule has 0 saturated heterocycles. The van der Waals surface area contributed by atoms with E-state index < -0.39 is 6.10 Å². The molecule has 1 rings (SSSR count). The van der Waals surface area contributed by atoms with Crippen LogP contribution in [-0.2, 0) is 16.1 Å². The average Bonchev–Trinajstić information content (AvgIpc) is 2.32. The van der Waals surface area contributed by atoms with Crippen molar-refractivity contribution in [2.45, 2.75) is 12.7 Å². The van der Waals surface area contributed by atoms with Crippen LogP contribution in [0.3, 0.4) is 0 Å². The second kappa shape index (κ2) is 6.96. The van der Waals surface area contributed by atoms with Crippen LogP contribution in [0.1, 0.15) is 17.2 Å². The lowest BCUT2D eigenvalue weighted by Crippen LogP contribution is -2.08. The molecule has 0 heterocycles. The number of hydrogen-bond acceptors (Lipinski definition) is 4. The lowest BCUT2D eigenvalue weighted by molar-refractivity contribution is 0.0566. The fourth-order valence-corrected chi connectivity index (χ4v) is 1.44. The molecule has 1 atom stereocenters. The third-order valence-corrected chi connectivity index (χ3v) is 2.13. The van der Waals surface area contributed by atoms with Crippen molar-refractivity contribution >= 4 is 0 Å². The molecule has 86 valence electrons. The third-order valence-electron chi connectivity index (χ3n) is 2.13. The standard InChI is InChI=1S/C12H15NO3/c1-15-9-10-4-2-3-5-11(10)12(8-13)16-7-6-14/h2-5,12,14H,6-7,9H2,1H3. The Kier molecular flexibility index (Phi) is 5.51. The second-order valence-corrected chi connectivity index (χ2v) is 3.24. The highest BCUT2D eigenvalue weighted by atomic mass is 16.5. The van der Waals surface area contributed by atoms with E-state index in [1.165, 1.54) is 0 Å². The fourth-order valence-electron chi connectivity index (χ4n) is 1.44. The van der Waals surface area contributed by atoms with Gasteiger partial charge in [-0.1, -0.05) is 24.3 Å². The van der Waals surface area contributed by atoms with E-state index in [1.54, 1.807) is 7.11 Å². The molecule has 0 aliphatic carbocycles. The van der Waals surface area contributed by atoms with Crippen LogP contribution < -0.4 is 0 Å². The van der Waals surface area contributed by atoms with Gasteiger partial charge in [0.2, 0.25) is 0 Å². The summed E-state index contributed by atoms with van der Waals surface area (Å²) in [5.74, 6) is 0. The van der Waals surface area contributed by atoms with E-state index >= 15 is 0 Å². The van der Waals surface area contributed by atoms with Crippen LogP contribution in [0, 0.1) is 11.3 Å². The Hall–Kier alpha value is -1.41. The van der Waals surface area contributed by atoms with Crippen LogP contribution in [-0.4, -0.2) is 25.4 Å². The van der Waals surface area contributed by atoms with E-state index in [9.17, 15) is 0 Å². The van der Waals surface area contributed by atoms with Gasteiger partial charge in [0.25, 0.3) is 0 Å². The molecule has 1 unspecified atom stereocenters. The first-order valence-corrected chi connectivity index (χ1v) is 5.02. The van der Waals surface area contributed by atoms with E-state index in [0.29, 0.717) is 6.61 Å². The first-order chi connectivity index (χ1) is 7.83. The summed E-state index contributed by atoms with van der Waals surface area (Å²) >= 11 is 0. The summed E-state index contributed by atoms with van der Waals surface area (Å²) in [5, 5.41) is 17.7. The predicted molar refractivity (Wildman–Crippen MR) is 58.5 cm³/mol. The Bertz CT molecular complexity index is 360. The van der Waals surface area contributed by atoms with Crippen molar-refractivity contribution in [3.8, 4) is 6.07 Å². The number of nitriles is 1. The Morgan fingerprint density at radius 1 is 1.44 bits per heavy atom. The van der Waals surface area contributed by atoms with E-state index in [0.717, 1.165) is 11.1 Å². The molecular weight excluding hydrogens is 206 g/mol. The molecule has 1 aromatic carbocycles. The molecule has 0 radical (unpaired) electrons. The summed E-state index contributed by atoms with van der Waals surface area (Å²) in [6.07, 6.45) is -0.654. The van der Waals surface area contributed by atoms with E-state index in [1.807, 2.05) is 24.3 Å². The molecule has 0 aliphatic rings. The van der Waals surface area contributed by atoms with Gasteiger partial charge < -0.3 is 14.6 Å². The summed E-state index contributed by atoms with van der Waals surface area (Å²) in [6.45, 7) is 0.501. The van der Waals surface area contributed by atoms with Gasteiger partial charge in [-0.15, -0.1) is 0 Å². The summed E-state index contributed by atoms with van der Waals surface area (Å²) < 4.78 is 10.3. The van der Waals surface area contributed by atoms with Crippen molar-refractivity contribution in [2.24, 2.45) is 0 Å². The maximum atomic E-state index is 9.00. The van der Waals surface area contributed by atoms with Crippen molar-refractivity contribution in [1.29, 1.82) is 5.26 Å². The topological polar surface area (TPSA) is 62.5 Å². The summed E-state index contributed by atoms with van der Waals surface area (Å²) in [7, 11) is 1.60. The number of aliphatic hydroxyl groups excluding tert-OH is 1. The van der Waals surface area contributed by atoms with Gasteiger partial charge in [-0.25, -0.2) is 0 Å². The first kappa shape index (κ1) is 12.7. The molecule has 0 aromatic heterocycles. The Labute approximate surface area is 95.0 Å². The molecule has 1 aromatic rings. The largest absolute Gasteiger partial charge is 0.394 e. The predicted octanol–water partition coefficient (Wildman–Crippen LogP) is 1.41. The molecule has 0 spiro atoms. The van der Waals surface area contributed by atoms with Gasteiger partial charge in [-0.2, -0.15) is 5.26 Å². The normalized spacial score (nSPS) is 12.1. The third kappa shape index (κ3) is 3.31. The zero-order valence-corrected chi connectivity index (χ0v) is 9.22. The van der Waals surface area contributed by atoms with Crippen LogP contribution in [0.4, 0.5) is 0 Å². The Morgan fingerprint density at radius 3 is 2.81 bits per heavy atom. The van der Waals surface area contributed by atoms with Crippen LogP contribution in [0.25, 0.3) is 0 Å². The Balaban J connectivity index is 2.86. The molecule has 4 heteroatoms. The highest BCUT2D eigenvalue weighted by molar-refractivity contribution is 5.31. The smallest absolute Gasteiger partial charge is 0.169 e. The highest BCUT2D eigenvalue weighted by Gasteiger charge is 2.14. The Morgan fingerprint density at radius 2 is 2.19 bits per heavy atom. The van der Waals surface area contributed by atoms with Crippen molar-refractivity contribution in [3.05, 3.63) is 35.4 Å². The zero-order valence-electron chi connectivity index (χ0n) is 9.22. The lowest BCUT2D eigenvalue weighted by atomic mass is 10.0. The number of hydrogen-bond donors (Lipinski definition) is 1. The number of methoxy groups -OCH3 is 1. The molecule has 0 aliphatic heterocycles. The molecule has 1 N–H and O–H groups in total.